The van der Waals surface area contributed by atoms with E-state index in [2.05, 4.69) is 0 Å². The van der Waals surface area contributed by atoms with E-state index in [1.165, 1.54) is 12.1 Å². The van der Waals surface area contributed by atoms with Crippen molar-refractivity contribution in [3.05, 3.63) is 29.8 Å². The van der Waals surface area contributed by atoms with Crippen LogP contribution >= 0.6 is 0 Å². The molecule has 154 valence electrons. The summed E-state index contributed by atoms with van der Waals surface area (Å²) in [5.41, 5.74) is -0.759. The second kappa shape index (κ2) is 8.81. The number of nitrogens with zero attached hydrogens (tertiary/aromatic N) is 3. The predicted molar refractivity (Wildman–Crippen MR) is 95.8 cm³/mol. The zero-order valence-corrected chi connectivity index (χ0v) is 15.6. The van der Waals surface area contributed by atoms with Crippen molar-refractivity contribution in [1.29, 1.82) is 0 Å². The molecule has 2 aliphatic heterocycles. The molecule has 9 heteroatoms. The number of halogens is 3. The maximum absolute atomic E-state index is 12.5. The Kier molecular flexibility index (Phi) is 6.43. The van der Waals surface area contributed by atoms with Crippen LogP contribution in [0.2, 0.25) is 0 Å². The van der Waals surface area contributed by atoms with Crippen molar-refractivity contribution in [3.63, 3.8) is 0 Å². The van der Waals surface area contributed by atoms with Gasteiger partial charge in [0.25, 0.3) is 5.91 Å². The molecule has 0 aromatic heterocycles. The standard InChI is InChI=1S/C19H24F3N3O3/c20-19(21,22)15-3-5-16(6-4-15)28-14-18(27)25-11-9-23(10-12-25)13-17(26)24-7-1-2-8-24/h3-6H,1-2,7-14H2. The Balaban J connectivity index is 1.39. The number of carbonyl (C=O) groups is 2. The van der Waals surface area contributed by atoms with Crippen LogP contribution in [0.1, 0.15) is 18.4 Å². The number of hydrogen-bond donors (Lipinski definition) is 0. The maximum atomic E-state index is 12.5. The molecule has 0 atom stereocenters. The minimum atomic E-state index is -4.40. The summed E-state index contributed by atoms with van der Waals surface area (Å²) < 4.78 is 43.0. The number of alkyl halides is 3. The van der Waals surface area contributed by atoms with E-state index in [0.717, 1.165) is 38.1 Å². The fourth-order valence-electron chi connectivity index (χ4n) is 3.39. The summed E-state index contributed by atoms with van der Waals surface area (Å²) in [5, 5.41) is 0. The van der Waals surface area contributed by atoms with Gasteiger partial charge in [-0.15, -0.1) is 0 Å². The lowest BCUT2D eigenvalue weighted by atomic mass is 10.2. The van der Waals surface area contributed by atoms with Crippen molar-refractivity contribution in [2.24, 2.45) is 0 Å². The number of amides is 2. The first-order chi connectivity index (χ1) is 13.3. The molecule has 0 saturated carbocycles. The van der Waals surface area contributed by atoms with Gasteiger partial charge >= 0.3 is 6.18 Å². The topological polar surface area (TPSA) is 53.1 Å². The van der Waals surface area contributed by atoms with Crippen LogP contribution in [0.3, 0.4) is 0 Å². The molecule has 28 heavy (non-hydrogen) atoms. The third-order valence-electron chi connectivity index (χ3n) is 5.09. The van der Waals surface area contributed by atoms with Crippen LogP contribution in [0.15, 0.2) is 24.3 Å². The quantitative estimate of drug-likeness (QED) is 0.759. The van der Waals surface area contributed by atoms with Gasteiger partial charge in [-0.25, -0.2) is 0 Å². The van der Waals surface area contributed by atoms with Gasteiger partial charge in [0.2, 0.25) is 5.91 Å². The summed E-state index contributed by atoms with van der Waals surface area (Å²) >= 11 is 0. The fourth-order valence-corrected chi connectivity index (χ4v) is 3.39. The van der Waals surface area contributed by atoms with E-state index in [1.807, 2.05) is 9.80 Å². The first-order valence-corrected chi connectivity index (χ1v) is 9.41. The Hall–Kier alpha value is -2.29. The number of ether oxygens (including phenoxy) is 1. The number of piperazine rings is 1. The Morgan fingerprint density at radius 1 is 0.857 bits per heavy atom. The molecule has 0 radical (unpaired) electrons. The van der Waals surface area contributed by atoms with Gasteiger partial charge in [0, 0.05) is 39.3 Å². The van der Waals surface area contributed by atoms with Crippen LogP contribution in [0, 0.1) is 0 Å². The number of carbonyl (C=O) groups excluding carboxylic acids is 2. The van der Waals surface area contributed by atoms with Crippen molar-refractivity contribution in [2.75, 3.05) is 52.4 Å². The minimum Gasteiger partial charge on any atom is -0.484 e. The number of hydrogen-bond acceptors (Lipinski definition) is 4. The van der Waals surface area contributed by atoms with E-state index in [4.69, 9.17) is 4.74 Å². The van der Waals surface area contributed by atoms with Crippen molar-refractivity contribution in [3.8, 4) is 5.75 Å². The molecule has 0 bridgehead atoms. The number of rotatable bonds is 5. The predicted octanol–water partition coefficient (Wildman–Crippen LogP) is 1.85. The van der Waals surface area contributed by atoms with Gasteiger partial charge in [-0.3, -0.25) is 14.5 Å². The van der Waals surface area contributed by atoms with Gasteiger partial charge in [-0.2, -0.15) is 13.2 Å². The van der Waals surface area contributed by atoms with E-state index >= 15 is 0 Å². The minimum absolute atomic E-state index is 0.142. The molecule has 2 fully saturated rings. The summed E-state index contributed by atoms with van der Waals surface area (Å²) in [5.74, 6) is 0.143. The van der Waals surface area contributed by atoms with Crippen LogP contribution in [0.4, 0.5) is 13.2 Å². The van der Waals surface area contributed by atoms with E-state index in [-0.39, 0.29) is 24.2 Å². The van der Waals surface area contributed by atoms with Gasteiger partial charge in [-0.1, -0.05) is 0 Å². The van der Waals surface area contributed by atoms with Gasteiger partial charge < -0.3 is 14.5 Å². The molecule has 1 aromatic carbocycles. The zero-order chi connectivity index (χ0) is 20.1. The molecule has 2 saturated heterocycles. The van der Waals surface area contributed by atoms with Crippen LogP contribution in [0.5, 0.6) is 5.75 Å². The molecule has 0 spiro atoms. The summed E-state index contributed by atoms with van der Waals surface area (Å²) in [6, 6.07) is 4.27. The molecule has 1 aromatic rings. The van der Waals surface area contributed by atoms with E-state index in [9.17, 15) is 22.8 Å². The lowest BCUT2D eigenvalue weighted by Crippen LogP contribution is -2.52. The van der Waals surface area contributed by atoms with E-state index in [1.54, 1.807) is 4.90 Å². The highest BCUT2D eigenvalue weighted by atomic mass is 19.4. The molecule has 2 heterocycles. The lowest BCUT2D eigenvalue weighted by molar-refractivity contribution is -0.138. The zero-order valence-electron chi connectivity index (χ0n) is 15.6. The van der Waals surface area contributed by atoms with Gasteiger partial charge in [0.05, 0.1) is 12.1 Å². The Bertz CT molecular complexity index is 680. The molecule has 3 rings (SSSR count). The molecule has 6 nitrogen and oxygen atoms in total. The summed E-state index contributed by atoms with van der Waals surface area (Å²) in [4.78, 5) is 30.0. The van der Waals surface area contributed by atoms with Crippen LogP contribution in [-0.2, 0) is 15.8 Å². The first-order valence-electron chi connectivity index (χ1n) is 9.41. The van der Waals surface area contributed by atoms with Gasteiger partial charge in [-0.05, 0) is 37.1 Å². The second-order valence-corrected chi connectivity index (χ2v) is 7.06. The summed E-state index contributed by atoms with van der Waals surface area (Å²) in [6.45, 7) is 4.06. The monoisotopic (exact) mass is 399 g/mol. The highest BCUT2D eigenvalue weighted by Crippen LogP contribution is 2.30. The Morgan fingerprint density at radius 3 is 2.00 bits per heavy atom. The molecular formula is C19H24F3N3O3. The van der Waals surface area contributed by atoms with Gasteiger partial charge in [0.1, 0.15) is 5.75 Å². The Labute approximate surface area is 161 Å². The van der Waals surface area contributed by atoms with Gasteiger partial charge in [0.15, 0.2) is 6.61 Å². The summed E-state index contributed by atoms with van der Waals surface area (Å²) in [7, 11) is 0. The van der Waals surface area contributed by atoms with Crippen molar-refractivity contribution in [2.45, 2.75) is 19.0 Å². The van der Waals surface area contributed by atoms with Crippen molar-refractivity contribution < 1.29 is 27.5 Å². The maximum Gasteiger partial charge on any atom is 0.416 e. The molecular weight excluding hydrogens is 375 g/mol. The fraction of sp³-hybridized carbons (Fsp3) is 0.579. The van der Waals surface area contributed by atoms with Crippen LogP contribution in [0.25, 0.3) is 0 Å². The molecule has 0 aliphatic carbocycles. The van der Waals surface area contributed by atoms with Crippen molar-refractivity contribution >= 4 is 11.8 Å². The first kappa shape index (κ1) is 20.4. The second-order valence-electron chi connectivity index (χ2n) is 7.06. The highest BCUT2D eigenvalue weighted by molar-refractivity contribution is 5.79. The average Bonchev–Trinajstić information content (AvgIpc) is 3.21. The highest BCUT2D eigenvalue weighted by Gasteiger charge is 2.30. The normalized spacial score (nSPS) is 18.4. The summed E-state index contributed by atoms with van der Waals surface area (Å²) in [6.07, 6.45) is -2.27. The van der Waals surface area contributed by atoms with Crippen LogP contribution < -0.4 is 4.74 Å². The average molecular weight is 399 g/mol. The lowest BCUT2D eigenvalue weighted by Gasteiger charge is -2.35. The number of benzene rings is 1. The largest absolute Gasteiger partial charge is 0.484 e. The smallest absolute Gasteiger partial charge is 0.416 e. The van der Waals surface area contributed by atoms with E-state index in [0.29, 0.717) is 32.7 Å². The van der Waals surface area contributed by atoms with Crippen LogP contribution in [-0.4, -0.2) is 78.9 Å². The molecule has 2 amide bonds. The van der Waals surface area contributed by atoms with Crippen molar-refractivity contribution in [1.82, 2.24) is 14.7 Å². The Morgan fingerprint density at radius 2 is 1.43 bits per heavy atom. The SMILES string of the molecule is O=C(COc1ccc(C(F)(F)F)cc1)N1CCN(CC(=O)N2CCCC2)CC1. The number of likely N-dealkylation sites (tertiary alicyclic amines) is 1. The van der Waals surface area contributed by atoms with E-state index < -0.39 is 11.7 Å². The molecule has 0 unspecified atom stereocenters. The molecule has 0 N–H and O–H groups in total. The third kappa shape index (κ3) is 5.37. The molecule has 2 aliphatic rings. The third-order valence-corrected chi connectivity index (χ3v) is 5.09.